The SMILES string of the molecule is CCOC1CC(Cc2nnc(CCNCCOC)s2)C1. The van der Waals surface area contributed by atoms with Gasteiger partial charge in [-0.05, 0) is 25.7 Å². The highest BCUT2D eigenvalue weighted by molar-refractivity contribution is 7.11. The quantitative estimate of drug-likeness (QED) is 0.666. The second kappa shape index (κ2) is 8.67. The molecule has 1 N–H and O–H groups in total. The standard InChI is InChI=1S/C14H25N3O2S/c1-3-19-12-8-11(9-12)10-14-17-16-13(20-14)4-5-15-6-7-18-2/h11-12,15H,3-10H2,1-2H3. The first-order valence-corrected chi connectivity index (χ1v) is 8.26. The largest absolute Gasteiger partial charge is 0.383 e. The lowest BCUT2D eigenvalue weighted by Crippen LogP contribution is -2.32. The van der Waals surface area contributed by atoms with Crippen LogP contribution in [0.1, 0.15) is 29.8 Å². The molecule has 0 aliphatic heterocycles. The maximum atomic E-state index is 5.59. The molecule has 0 aromatic carbocycles. The fourth-order valence-corrected chi connectivity index (χ4v) is 3.38. The highest BCUT2D eigenvalue weighted by Gasteiger charge is 2.30. The van der Waals surface area contributed by atoms with Crippen LogP contribution in [0.2, 0.25) is 0 Å². The van der Waals surface area contributed by atoms with Crippen molar-refractivity contribution >= 4 is 11.3 Å². The molecule has 6 heteroatoms. The molecule has 0 atom stereocenters. The molecule has 1 aliphatic rings. The van der Waals surface area contributed by atoms with Crippen molar-refractivity contribution < 1.29 is 9.47 Å². The maximum Gasteiger partial charge on any atom is 0.118 e. The Hall–Kier alpha value is -0.560. The van der Waals surface area contributed by atoms with Crippen LogP contribution < -0.4 is 5.32 Å². The topological polar surface area (TPSA) is 56.3 Å². The smallest absolute Gasteiger partial charge is 0.118 e. The van der Waals surface area contributed by atoms with Crippen molar-refractivity contribution in [3.8, 4) is 0 Å². The van der Waals surface area contributed by atoms with E-state index < -0.39 is 0 Å². The zero-order chi connectivity index (χ0) is 14.2. The predicted molar refractivity (Wildman–Crippen MR) is 80.2 cm³/mol. The van der Waals surface area contributed by atoms with E-state index in [2.05, 4.69) is 22.4 Å². The summed E-state index contributed by atoms with van der Waals surface area (Å²) in [5, 5.41) is 14.2. The van der Waals surface area contributed by atoms with Crippen LogP contribution in [-0.2, 0) is 22.3 Å². The van der Waals surface area contributed by atoms with Crippen LogP contribution in [0.5, 0.6) is 0 Å². The number of nitrogens with one attached hydrogen (secondary N) is 1. The lowest BCUT2D eigenvalue weighted by Gasteiger charge is -2.34. The second-order valence-electron chi connectivity index (χ2n) is 5.20. The number of rotatable bonds is 10. The van der Waals surface area contributed by atoms with Crippen LogP contribution in [0.25, 0.3) is 0 Å². The molecule has 1 saturated carbocycles. The molecular weight excluding hydrogens is 274 g/mol. The van der Waals surface area contributed by atoms with Gasteiger partial charge >= 0.3 is 0 Å². The molecule has 0 unspecified atom stereocenters. The van der Waals surface area contributed by atoms with E-state index in [9.17, 15) is 0 Å². The molecule has 1 aliphatic carbocycles. The first-order valence-electron chi connectivity index (χ1n) is 7.44. The van der Waals surface area contributed by atoms with Crippen molar-refractivity contribution in [2.75, 3.05) is 33.4 Å². The number of aromatic nitrogens is 2. The van der Waals surface area contributed by atoms with Gasteiger partial charge < -0.3 is 14.8 Å². The van der Waals surface area contributed by atoms with Gasteiger partial charge in [0.1, 0.15) is 10.0 Å². The summed E-state index contributed by atoms with van der Waals surface area (Å²) in [5.74, 6) is 0.743. The molecule has 0 bridgehead atoms. The molecule has 0 amide bonds. The average molecular weight is 299 g/mol. The van der Waals surface area contributed by atoms with Crippen LogP contribution in [0.3, 0.4) is 0 Å². The summed E-state index contributed by atoms with van der Waals surface area (Å²) in [7, 11) is 1.72. The lowest BCUT2D eigenvalue weighted by atomic mass is 9.80. The van der Waals surface area contributed by atoms with E-state index >= 15 is 0 Å². The Morgan fingerprint density at radius 2 is 2.05 bits per heavy atom. The maximum absolute atomic E-state index is 5.59. The van der Waals surface area contributed by atoms with E-state index in [4.69, 9.17) is 9.47 Å². The minimum atomic E-state index is 0.488. The Morgan fingerprint density at radius 3 is 2.80 bits per heavy atom. The Balaban J connectivity index is 1.60. The van der Waals surface area contributed by atoms with Gasteiger partial charge in [-0.15, -0.1) is 21.5 Å². The normalized spacial score (nSPS) is 21.9. The van der Waals surface area contributed by atoms with Crippen molar-refractivity contribution in [2.45, 2.75) is 38.7 Å². The first kappa shape index (κ1) is 15.8. The fraction of sp³-hybridized carbons (Fsp3) is 0.857. The molecule has 0 radical (unpaired) electrons. The lowest BCUT2D eigenvalue weighted by molar-refractivity contribution is -0.0240. The van der Waals surface area contributed by atoms with Crippen LogP contribution in [0.4, 0.5) is 0 Å². The van der Waals surface area contributed by atoms with Gasteiger partial charge in [-0.2, -0.15) is 0 Å². The molecule has 114 valence electrons. The first-order chi connectivity index (χ1) is 9.81. The van der Waals surface area contributed by atoms with Crippen molar-refractivity contribution in [1.29, 1.82) is 0 Å². The number of hydrogen-bond donors (Lipinski definition) is 1. The number of hydrogen-bond acceptors (Lipinski definition) is 6. The summed E-state index contributed by atoms with van der Waals surface area (Å²) in [4.78, 5) is 0. The van der Waals surface area contributed by atoms with E-state index in [0.29, 0.717) is 6.10 Å². The monoisotopic (exact) mass is 299 g/mol. The molecule has 2 rings (SSSR count). The van der Waals surface area contributed by atoms with Gasteiger partial charge in [-0.3, -0.25) is 0 Å². The van der Waals surface area contributed by atoms with Crippen molar-refractivity contribution in [3.63, 3.8) is 0 Å². The summed E-state index contributed by atoms with van der Waals surface area (Å²) >= 11 is 1.75. The summed E-state index contributed by atoms with van der Waals surface area (Å²) < 4.78 is 10.6. The summed E-state index contributed by atoms with van der Waals surface area (Å²) in [5.41, 5.74) is 0. The van der Waals surface area contributed by atoms with Crippen molar-refractivity contribution in [1.82, 2.24) is 15.5 Å². The summed E-state index contributed by atoms with van der Waals surface area (Å²) in [6.07, 6.45) is 4.87. The highest BCUT2D eigenvalue weighted by atomic mass is 32.1. The molecular formula is C14H25N3O2S. The van der Waals surface area contributed by atoms with Gasteiger partial charge in [-0.1, -0.05) is 0 Å². The molecule has 1 heterocycles. The van der Waals surface area contributed by atoms with Gasteiger partial charge in [-0.25, -0.2) is 0 Å². The van der Waals surface area contributed by atoms with E-state index in [0.717, 1.165) is 50.1 Å². The Bertz CT molecular complexity index is 380. The third-order valence-electron chi connectivity index (χ3n) is 3.57. The minimum Gasteiger partial charge on any atom is -0.383 e. The van der Waals surface area contributed by atoms with Crippen molar-refractivity contribution in [2.24, 2.45) is 5.92 Å². The zero-order valence-corrected chi connectivity index (χ0v) is 13.2. The van der Waals surface area contributed by atoms with E-state index in [1.54, 1.807) is 18.4 Å². The highest BCUT2D eigenvalue weighted by Crippen LogP contribution is 2.33. The minimum absolute atomic E-state index is 0.488. The summed E-state index contributed by atoms with van der Waals surface area (Å²) in [6, 6.07) is 0. The fourth-order valence-electron chi connectivity index (χ4n) is 2.43. The molecule has 1 aromatic rings. The van der Waals surface area contributed by atoms with Crippen LogP contribution in [0.15, 0.2) is 0 Å². The Morgan fingerprint density at radius 1 is 1.25 bits per heavy atom. The molecule has 1 aromatic heterocycles. The van der Waals surface area contributed by atoms with Gasteiger partial charge in [0.15, 0.2) is 0 Å². The molecule has 20 heavy (non-hydrogen) atoms. The van der Waals surface area contributed by atoms with Crippen molar-refractivity contribution in [3.05, 3.63) is 10.0 Å². The van der Waals surface area contributed by atoms with Crippen LogP contribution in [-0.4, -0.2) is 49.7 Å². The van der Waals surface area contributed by atoms with Gasteiger partial charge in [0.25, 0.3) is 0 Å². The molecule has 1 fully saturated rings. The predicted octanol–water partition coefficient (Wildman–Crippen LogP) is 1.67. The molecule has 5 nitrogen and oxygen atoms in total. The Labute approximate surface area is 125 Å². The number of methoxy groups -OCH3 is 1. The van der Waals surface area contributed by atoms with E-state index in [-0.39, 0.29) is 0 Å². The zero-order valence-electron chi connectivity index (χ0n) is 12.4. The van der Waals surface area contributed by atoms with E-state index in [1.165, 1.54) is 17.8 Å². The average Bonchev–Trinajstić information content (AvgIpc) is 2.84. The van der Waals surface area contributed by atoms with Gasteiger partial charge in [0.2, 0.25) is 0 Å². The van der Waals surface area contributed by atoms with Crippen LogP contribution >= 0.6 is 11.3 Å². The Kier molecular flexibility index (Phi) is 6.86. The second-order valence-corrected chi connectivity index (χ2v) is 6.35. The number of nitrogens with zero attached hydrogens (tertiary/aromatic N) is 2. The molecule has 0 spiro atoms. The molecule has 0 saturated heterocycles. The van der Waals surface area contributed by atoms with Gasteiger partial charge in [0.05, 0.1) is 12.7 Å². The number of ether oxygens (including phenoxy) is 2. The van der Waals surface area contributed by atoms with E-state index in [1.807, 2.05) is 0 Å². The third kappa shape index (κ3) is 5.09. The summed E-state index contributed by atoms with van der Waals surface area (Å²) in [6.45, 7) is 5.47. The van der Waals surface area contributed by atoms with Gasteiger partial charge in [0, 0.05) is 39.6 Å². The third-order valence-corrected chi connectivity index (χ3v) is 4.57. The van der Waals surface area contributed by atoms with Crippen LogP contribution in [0, 0.1) is 5.92 Å².